The number of rotatable bonds is 5. The third-order valence-electron chi connectivity index (χ3n) is 3.75. The van der Waals surface area contributed by atoms with Gasteiger partial charge in [-0.1, -0.05) is 13.8 Å². The summed E-state index contributed by atoms with van der Waals surface area (Å²) >= 11 is 0. The molecular weight excluding hydrogens is 238 g/mol. The molecule has 19 heavy (non-hydrogen) atoms. The highest BCUT2D eigenvalue weighted by molar-refractivity contribution is 5.13. The smallest absolute Gasteiger partial charge is 0.118 e. The minimum atomic E-state index is 0.510. The van der Waals surface area contributed by atoms with Gasteiger partial charge in [0.15, 0.2) is 0 Å². The molecule has 1 unspecified atom stereocenters. The Labute approximate surface area is 116 Å². The molecule has 0 amide bonds. The second kappa shape index (κ2) is 6.55. The van der Waals surface area contributed by atoms with Gasteiger partial charge in [-0.3, -0.25) is 4.90 Å². The monoisotopic (exact) mass is 265 g/mol. The van der Waals surface area contributed by atoms with Crippen LogP contribution in [0.1, 0.15) is 32.1 Å². The van der Waals surface area contributed by atoms with Crippen LogP contribution >= 0.6 is 0 Å². The van der Waals surface area contributed by atoms with Crippen LogP contribution in [0.4, 0.5) is 0 Å². The number of furan rings is 1. The first-order chi connectivity index (χ1) is 9.04. The van der Waals surface area contributed by atoms with E-state index in [4.69, 9.17) is 4.42 Å². The van der Waals surface area contributed by atoms with Gasteiger partial charge in [-0.2, -0.15) is 0 Å². The minimum Gasteiger partial charge on any atom is -0.468 e. The molecule has 1 saturated heterocycles. The Balaban J connectivity index is 1.85. The Morgan fingerprint density at radius 1 is 1.42 bits per heavy atom. The molecule has 4 nitrogen and oxygen atoms in total. The number of nitrogens with zero attached hydrogens (tertiary/aromatic N) is 2. The maximum absolute atomic E-state index is 5.68. The van der Waals surface area contributed by atoms with E-state index in [1.807, 2.05) is 6.26 Å². The lowest BCUT2D eigenvalue weighted by Gasteiger charge is -2.37. The molecule has 0 bridgehead atoms. The Bertz CT molecular complexity index is 388. The highest BCUT2D eigenvalue weighted by Crippen LogP contribution is 2.15. The summed E-state index contributed by atoms with van der Waals surface area (Å²) in [7, 11) is 2.19. The van der Waals surface area contributed by atoms with Crippen LogP contribution < -0.4 is 5.32 Å². The van der Waals surface area contributed by atoms with Crippen molar-refractivity contribution in [2.45, 2.75) is 45.9 Å². The van der Waals surface area contributed by atoms with Crippen LogP contribution in [0.15, 0.2) is 16.7 Å². The average molecular weight is 265 g/mol. The quantitative estimate of drug-likeness (QED) is 0.881. The standard InChI is InChI=1S/C15H27N3O/c1-12(2)16-8-14-7-15(19-11-14)10-18-6-5-17(4)9-13(18)3/h7,11-13,16H,5-6,8-10H2,1-4H3. The molecule has 1 aromatic rings. The molecular formula is C15H27N3O. The summed E-state index contributed by atoms with van der Waals surface area (Å²) in [6, 6.07) is 3.29. The first kappa shape index (κ1) is 14.6. The summed E-state index contributed by atoms with van der Waals surface area (Å²) in [4.78, 5) is 4.89. The molecule has 0 radical (unpaired) electrons. The van der Waals surface area contributed by atoms with E-state index in [1.54, 1.807) is 0 Å². The lowest BCUT2D eigenvalue weighted by Crippen LogP contribution is -2.49. The molecule has 1 aliphatic heterocycles. The van der Waals surface area contributed by atoms with Crippen LogP contribution in [-0.4, -0.2) is 48.6 Å². The van der Waals surface area contributed by atoms with Gasteiger partial charge in [0.2, 0.25) is 0 Å². The Hall–Kier alpha value is -0.840. The molecule has 4 heteroatoms. The van der Waals surface area contributed by atoms with E-state index in [1.165, 1.54) is 5.56 Å². The molecule has 0 spiro atoms. The molecule has 108 valence electrons. The summed E-state index contributed by atoms with van der Waals surface area (Å²) in [5.41, 5.74) is 1.24. The van der Waals surface area contributed by atoms with Crippen LogP contribution in [0.5, 0.6) is 0 Å². The maximum atomic E-state index is 5.68. The van der Waals surface area contributed by atoms with Crippen LogP contribution in [-0.2, 0) is 13.1 Å². The zero-order valence-corrected chi connectivity index (χ0v) is 12.6. The molecule has 2 heterocycles. The lowest BCUT2D eigenvalue weighted by atomic mass is 10.2. The van der Waals surface area contributed by atoms with Crippen molar-refractivity contribution in [3.63, 3.8) is 0 Å². The molecule has 1 atom stereocenters. The molecule has 0 saturated carbocycles. The van der Waals surface area contributed by atoms with E-state index >= 15 is 0 Å². The number of hydrogen-bond donors (Lipinski definition) is 1. The van der Waals surface area contributed by atoms with Crippen molar-refractivity contribution in [3.05, 3.63) is 23.7 Å². The van der Waals surface area contributed by atoms with E-state index in [0.717, 1.165) is 38.5 Å². The van der Waals surface area contributed by atoms with Crippen molar-refractivity contribution >= 4 is 0 Å². The third kappa shape index (κ3) is 4.34. The Morgan fingerprint density at radius 3 is 2.89 bits per heavy atom. The van der Waals surface area contributed by atoms with Crippen LogP contribution in [0.25, 0.3) is 0 Å². The van der Waals surface area contributed by atoms with Crippen molar-refractivity contribution in [2.75, 3.05) is 26.7 Å². The summed E-state index contributed by atoms with van der Waals surface area (Å²) in [6.45, 7) is 11.8. The van der Waals surface area contributed by atoms with Gasteiger partial charge in [0.05, 0.1) is 12.8 Å². The van der Waals surface area contributed by atoms with Gasteiger partial charge >= 0.3 is 0 Å². The minimum absolute atomic E-state index is 0.510. The van der Waals surface area contributed by atoms with Gasteiger partial charge in [0.25, 0.3) is 0 Å². The fourth-order valence-corrected chi connectivity index (χ4v) is 2.54. The molecule has 1 fully saturated rings. The van der Waals surface area contributed by atoms with Crippen LogP contribution in [0.2, 0.25) is 0 Å². The lowest BCUT2D eigenvalue weighted by molar-refractivity contribution is 0.0875. The van der Waals surface area contributed by atoms with E-state index in [-0.39, 0.29) is 0 Å². The van der Waals surface area contributed by atoms with Gasteiger partial charge in [0.1, 0.15) is 5.76 Å². The Morgan fingerprint density at radius 2 is 2.21 bits per heavy atom. The fraction of sp³-hybridized carbons (Fsp3) is 0.733. The van der Waals surface area contributed by atoms with Crippen LogP contribution in [0, 0.1) is 0 Å². The second-order valence-electron chi connectivity index (χ2n) is 6.04. The molecule has 0 aromatic carbocycles. The first-order valence-corrected chi connectivity index (χ1v) is 7.27. The first-order valence-electron chi connectivity index (χ1n) is 7.27. The van der Waals surface area contributed by atoms with Gasteiger partial charge in [-0.15, -0.1) is 0 Å². The summed E-state index contributed by atoms with van der Waals surface area (Å²) in [5.74, 6) is 1.08. The van der Waals surface area contributed by atoms with Crippen molar-refractivity contribution in [3.8, 4) is 0 Å². The van der Waals surface area contributed by atoms with Crippen LogP contribution in [0.3, 0.4) is 0 Å². The van der Waals surface area contributed by atoms with E-state index in [0.29, 0.717) is 12.1 Å². The van der Waals surface area contributed by atoms with E-state index < -0.39 is 0 Å². The maximum Gasteiger partial charge on any atom is 0.118 e. The highest BCUT2D eigenvalue weighted by Gasteiger charge is 2.22. The molecule has 0 aliphatic carbocycles. The van der Waals surface area contributed by atoms with Gasteiger partial charge < -0.3 is 14.6 Å². The largest absolute Gasteiger partial charge is 0.468 e. The molecule has 1 N–H and O–H groups in total. The zero-order chi connectivity index (χ0) is 13.8. The summed E-state index contributed by atoms with van der Waals surface area (Å²) < 4.78 is 5.68. The normalized spacial score (nSPS) is 22.3. The van der Waals surface area contributed by atoms with Crippen molar-refractivity contribution < 1.29 is 4.42 Å². The number of hydrogen-bond acceptors (Lipinski definition) is 4. The number of piperazine rings is 1. The van der Waals surface area contributed by atoms with Gasteiger partial charge in [-0.05, 0) is 20.0 Å². The van der Waals surface area contributed by atoms with Gasteiger partial charge in [0, 0.05) is 43.8 Å². The SMILES string of the molecule is CC(C)NCc1coc(CN2CCN(C)CC2C)c1. The Kier molecular flexibility index (Phi) is 5.02. The van der Waals surface area contributed by atoms with Crippen molar-refractivity contribution in [1.82, 2.24) is 15.1 Å². The van der Waals surface area contributed by atoms with Crippen molar-refractivity contribution in [2.24, 2.45) is 0 Å². The average Bonchev–Trinajstić information content (AvgIpc) is 2.78. The van der Waals surface area contributed by atoms with E-state index in [9.17, 15) is 0 Å². The predicted molar refractivity (Wildman–Crippen MR) is 78.1 cm³/mol. The van der Waals surface area contributed by atoms with Gasteiger partial charge in [-0.25, -0.2) is 0 Å². The van der Waals surface area contributed by atoms with E-state index in [2.05, 4.69) is 49.0 Å². The third-order valence-corrected chi connectivity index (χ3v) is 3.75. The number of nitrogens with one attached hydrogen (secondary N) is 1. The summed E-state index contributed by atoms with van der Waals surface area (Å²) in [5, 5.41) is 3.41. The molecule has 1 aliphatic rings. The summed E-state index contributed by atoms with van der Waals surface area (Å²) in [6.07, 6.45) is 1.88. The highest BCUT2D eigenvalue weighted by atomic mass is 16.3. The van der Waals surface area contributed by atoms with Crippen molar-refractivity contribution in [1.29, 1.82) is 0 Å². The fourth-order valence-electron chi connectivity index (χ4n) is 2.54. The molecule has 1 aromatic heterocycles. The second-order valence-corrected chi connectivity index (χ2v) is 6.04. The predicted octanol–water partition coefficient (Wildman–Crippen LogP) is 1.91. The zero-order valence-electron chi connectivity index (χ0n) is 12.6. The topological polar surface area (TPSA) is 31.7 Å². The number of likely N-dealkylation sites (N-methyl/N-ethyl adjacent to an activating group) is 1. The molecule has 2 rings (SSSR count).